The van der Waals surface area contributed by atoms with Gasteiger partial charge in [0.2, 0.25) is 0 Å². The Morgan fingerprint density at radius 2 is 2.08 bits per heavy atom. The highest BCUT2D eigenvalue weighted by molar-refractivity contribution is 8.93. The van der Waals surface area contributed by atoms with Crippen LogP contribution >= 0.6 is 17.0 Å². The molecule has 0 aliphatic rings. The molecular formula is C9H11BrN2+2. The summed E-state index contributed by atoms with van der Waals surface area (Å²) in [5.74, 6) is 0. The third kappa shape index (κ3) is 2.85. The second kappa shape index (κ2) is 5.50. The van der Waals surface area contributed by atoms with Crippen LogP contribution in [-0.4, -0.2) is 0 Å². The predicted octanol–water partition coefficient (Wildman–Crippen LogP) is 2.31. The van der Waals surface area contributed by atoms with Gasteiger partial charge >= 0.3 is 6.07 Å². The fourth-order valence-electron chi connectivity index (χ4n) is 0.748. The zero-order valence-corrected chi connectivity index (χ0v) is 8.61. The molecule has 3 heteroatoms. The number of pyridine rings is 1. The number of aromatic nitrogens is 1. The van der Waals surface area contributed by atoms with Crippen LogP contribution < -0.4 is 4.68 Å². The Morgan fingerprint density at radius 1 is 1.50 bits per heavy atom. The first-order valence-corrected chi connectivity index (χ1v) is 3.38. The molecular weight excluding hydrogens is 216 g/mol. The summed E-state index contributed by atoms with van der Waals surface area (Å²) in [6.07, 6.45) is 5.50. The van der Waals surface area contributed by atoms with E-state index in [0.717, 1.165) is 5.56 Å². The van der Waals surface area contributed by atoms with Crippen molar-refractivity contribution in [1.82, 2.24) is 0 Å². The molecule has 0 atom stereocenters. The summed E-state index contributed by atoms with van der Waals surface area (Å²) in [6.45, 7) is 5.41. The molecule has 0 spiro atoms. The molecule has 0 saturated carbocycles. The summed E-state index contributed by atoms with van der Waals surface area (Å²) in [7, 11) is 0. The Kier molecular flexibility index (Phi) is 4.98. The molecule has 0 fully saturated rings. The van der Waals surface area contributed by atoms with Gasteiger partial charge in [-0.2, -0.15) is 0 Å². The zero-order chi connectivity index (χ0) is 8.10. The van der Waals surface area contributed by atoms with Crippen LogP contribution in [0.25, 0.3) is 11.0 Å². The average Bonchev–Trinajstić information content (AvgIpc) is 2.07. The molecule has 0 aliphatic heterocycles. The highest BCUT2D eigenvalue weighted by atomic mass is 79.9. The van der Waals surface area contributed by atoms with Gasteiger partial charge in [0.15, 0.2) is 4.68 Å². The van der Waals surface area contributed by atoms with Crippen LogP contribution in [0.5, 0.6) is 0 Å². The molecule has 1 heterocycles. The van der Waals surface area contributed by atoms with Gasteiger partial charge < -0.3 is 0 Å². The van der Waals surface area contributed by atoms with Gasteiger partial charge in [0.05, 0.1) is 6.92 Å². The number of rotatable bonds is 1. The summed E-state index contributed by atoms with van der Waals surface area (Å²) in [5, 5.41) is 0. The molecule has 62 valence electrons. The van der Waals surface area contributed by atoms with Crippen LogP contribution in [0.2, 0.25) is 0 Å². The third-order valence-corrected chi connectivity index (χ3v) is 1.29. The Labute approximate surface area is 82.7 Å². The zero-order valence-electron chi connectivity index (χ0n) is 6.90. The maximum Gasteiger partial charge on any atom is 0.367 e. The summed E-state index contributed by atoms with van der Waals surface area (Å²) in [5.41, 5.74) is 1.09. The van der Waals surface area contributed by atoms with Crippen LogP contribution in [-0.2, 0) is 0 Å². The van der Waals surface area contributed by atoms with E-state index in [2.05, 4.69) is 17.6 Å². The van der Waals surface area contributed by atoms with Crippen LogP contribution in [0.4, 0.5) is 0 Å². The molecule has 1 aromatic rings. The average molecular weight is 227 g/mol. The predicted molar refractivity (Wildman–Crippen MR) is 55.4 cm³/mol. The number of hydrogen-bond donors (Lipinski definition) is 0. The van der Waals surface area contributed by atoms with Gasteiger partial charge in [-0.1, -0.05) is 12.7 Å². The number of nitrogens with zero attached hydrogens (tertiary/aromatic N) is 2. The van der Waals surface area contributed by atoms with Gasteiger partial charge in [-0.15, -0.1) is 17.0 Å². The molecule has 0 unspecified atom stereocenters. The Bertz CT molecular complexity index is 306. The van der Waals surface area contributed by atoms with E-state index in [1.54, 1.807) is 17.7 Å². The SMILES string of the molecule is Br.C=Cc1cc[n+]([N+]#CC)cc1. The molecule has 0 aliphatic carbocycles. The van der Waals surface area contributed by atoms with Gasteiger partial charge in [0.25, 0.3) is 17.3 Å². The van der Waals surface area contributed by atoms with E-state index < -0.39 is 0 Å². The van der Waals surface area contributed by atoms with Crippen molar-refractivity contribution in [3.63, 3.8) is 0 Å². The Hall–Kier alpha value is -1.14. The van der Waals surface area contributed by atoms with Crippen molar-refractivity contribution in [3.05, 3.63) is 41.6 Å². The largest absolute Gasteiger partial charge is 0.367 e. The minimum absolute atomic E-state index is 0. The van der Waals surface area contributed by atoms with Crippen molar-refractivity contribution in [3.8, 4) is 6.07 Å². The third-order valence-electron chi connectivity index (χ3n) is 1.29. The van der Waals surface area contributed by atoms with Crippen molar-refractivity contribution in [2.75, 3.05) is 0 Å². The van der Waals surface area contributed by atoms with E-state index in [1.807, 2.05) is 24.5 Å². The summed E-state index contributed by atoms with van der Waals surface area (Å²) < 4.78 is 1.69. The van der Waals surface area contributed by atoms with Gasteiger partial charge in [0, 0.05) is 12.1 Å². The maximum absolute atomic E-state index is 3.91. The lowest BCUT2D eigenvalue weighted by Gasteiger charge is -1.80. The molecule has 0 radical (unpaired) electrons. The van der Waals surface area contributed by atoms with Crippen LogP contribution in [0.1, 0.15) is 12.5 Å². The fraction of sp³-hybridized carbons (Fsp3) is 0.111. The first kappa shape index (κ1) is 10.9. The number of hydrogen-bond acceptors (Lipinski definition) is 0. The van der Waals surface area contributed by atoms with E-state index in [0.29, 0.717) is 0 Å². The van der Waals surface area contributed by atoms with Crippen molar-refractivity contribution in [1.29, 1.82) is 0 Å². The van der Waals surface area contributed by atoms with E-state index in [-0.39, 0.29) is 17.0 Å². The van der Waals surface area contributed by atoms with Crippen molar-refractivity contribution < 1.29 is 4.68 Å². The monoisotopic (exact) mass is 226 g/mol. The van der Waals surface area contributed by atoms with Gasteiger partial charge in [-0.3, -0.25) is 0 Å². The van der Waals surface area contributed by atoms with Crippen molar-refractivity contribution in [2.24, 2.45) is 0 Å². The summed E-state index contributed by atoms with van der Waals surface area (Å²) in [4.78, 5) is 3.91. The van der Waals surface area contributed by atoms with E-state index in [1.165, 1.54) is 0 Å². The molecule has 2 nitrogen and oxygen atoms in total. The standard InChI is InChI=1S/C9H10N2.BrH/c1-3-9-5-7-11(8-6-9)10-4-2;/h3,5-8H,1H2,2H3;1H/q+2;. The van der Waals surface area contributed by atoms with Gasteiger partial charge in [-0.25, -0.2) is 0 Å². The van der Waals surface area contributed by atoms with Crippen molar-refractivity contribution >= 4 is 23.1 Å². The Balaban J connectivity index is 0.00000121. The molecule has 12 heavy (non-hydrogen) atoms. The van der Waals surface area contributed by atoms with Crippen LogP contribution in [0, 0.1) is 6.07 Å². The highest BCUT2D eigenvalue weighted by Crippen LogP contribution is 1.94. The lowest BCUT2D eigenvalue weighted by molar-refractivity contribution is -0.610. The molecule has 0 amide bonds. The second-order valence-corrected chi connectivity index (χ2v) is 2.04. The quantitative estimate of drug-likeness (QED) is 0.650. The highest BCUT2D eigenvalue weighted by Gasteiger charge is 2.02. The molecule has 0 aromatic carbocycles. The molecule has 0 N–H and O–H groups in total. The van der Waals surface area contributed by atoms with Crippen LogP contribution in [0.3, 0.4) is 0 Å². The lowest BCUT2D eigenvalue weighted by atomic mass is 10.3. The number of halogens is 1. The first-order valence-electron chi connectivity index (χ1n) is 3.38. The van der Waals surface area contributed by atoms with E-state index in [4.69, 9.17) is 0 Å². The topological polar surface area (TPSA) is 8.24 Å². The smallest absolute Gasteiger partial charge is 0.114 e. The lowest BCUT2D eigenvalue weighted by Crippen LogP contribution is -2.22. The fourth-order valence-corrected chi connectivity index (χ4v) is 0.748. The molecule has 0 bridgehead atoms. The first-order chi connectivity index (χ1) is 5.36. The summed E-state index contributed by atoms with van der Waals surface area (Å²) in [6, 6.07) is 6.56. The minimum Gasteiger partial charge on any atom is -0.114 e. The Morgan fingerprint density at radius 3 is 2.50 bits per heavy atom. The van der Waals surface area contributed by atoms with E-state index >= 15 is 0 Å². The normalized spacial score (nSPS) is 7.42. The minimum atomic E-state index is 0. The van der Waals surface area contributed by atoms with Crippen LogP contribution in [0.15, 0.2) is 31.1 Å². The summed E-state index contributed by atoms with van der Waals surface area (Å²) >= 11 is 0. The van der Waals surface area contributed by atoms with Crippen molar-refractivity contribution in [2.45, 2.75) is 6.92 Å². The molecule has 0 saturated heterocycles. The maximum atomic E-state index is 3.91. The van der Waals surface area contributed by atoms with Gasteiger partial charge in [0.1, 0.15) is 0 Å². The molecule has 1 rings (SSSR count). The van der Waals surface area contributed by atoms with E-state index in [9.17, 15) is 0 Å². The molecule has 1 aromatic heterocycles. The van der Waals surface area contributed by atoms with Gasteiger partial charge in [-0.05, 0) is 5.56 Å². The second-order valence-electron chi connectivity index (χ2n) is 2.04.